The van der Waals surface area contributed by atoms with E-state index in [1.54, 1.807) is 0 Å². The normalized spacial score (nSPS) is 10.6. The van der Waals surface area contributed by atoms with E-state index in [4.69, 9.17) is 23.2 Å². The molecule has 4 aromatic rings. The summed E-state index contributed by atoms with van der Waals surface area (Å²) in [5.41, 5.74) is 0.958. The van der Waals surface area contributed by atoms with Crippen LogP contribution >= 0.6 is 23.2 Å². The van der Waals surface area contributed by atoms with Gasteiger partial charge in [-0.1, -0.05) is 83.9 Å². The molecule has 2 amide bonds. The van der Waals surface area contributed by atoms with Crippen molar-refractivity contribution < 1.29 is 19.4 Å². The largest absolute Gasteiger partial charge is 0.333 e. The lowest BCUT2D eigenvalue weighted by molar-refractivity contribution is -0.384. The van der Waals surface area contributed by atoms with Gasteiger partial charge in [0.25, 0.3) is 23.2 Å². The van der Waals surface area contributed by atoms with Crippen molar-refractivity contribution in [2.24, 2.45) is 0 Å². The fraction of sp³-hybridized carbons (Fsp3) is 0.133. The van der Waals surface area contributed by atoms with Crippen molar-refractivity contribution in [1.82, 2.24) is 9.80 Å². The number of nitro groups is 2. The van der Waals surface area contributed by atoms with Gasteiger partial charge in [-0.05, 0) is 35.4 Å². The molecular formula is C30H24Cl2N4O6. The minimum atomic E-state index is -0.661. The smallest absolute Gasteiger partial charge is 0.288 e. The number of rotatable bonds is 11. The number of halogens is 2. The van der Waals surface area contributed by atoms with Crippen LogP contribution in [0.25, 0.3) is 0 Å². The van der Waals surface area contributed by atoms with Gasteiger partial charge in [-0.2, -0.15) is 0 Å². The van der Waals surface area contributed by atoms with Crippen molar-refractivity contribution in [3.63, 3.8) is 0 Å². The first-order valence-corrected chi connectivity index (χ1v) is 13.4. The summed E-state index contributed by atoms with van der Waals surface area (Å²) in [7, 11) is 0. The molecule has 0 fully saturated rings. The topological polar surface area (TPSA) is 127 Å². The average Bonchev–Trinajstić information content (AvgIpc) is 2.99. The third-order valence-electron chi connectivity index (χ3n) is 6.43. The number of benzene rings is 4. The first-order chi connectivity index (χ1) is 20.1. The highest BCUT2D eigenvalue weighted by atomic mass is 35.5. The summed E-state index contributed by atoms with van der Waals surface area (Å²) < 4.78 is 0. The Morgan fingerprint density at radius 2 is 0.952 bits per heavy atom. The first-order valence-electron chi connectivity index (χ1n) is 12.7. The summed E-state index contributed by atoms with van der Waals surface area (Å²) in [6.07, 6.45) is 0. The number of nitro benzene ring substituents is 2. The first kappa shape index (κ1) is 30.2. The van der Waals surface area contributed by atoms with Crippen LogP contribution in [0, 0.1) is 20.2 Å². The van der Waals surface area contributed by atoms with E-state index >= 15 is 0 Å². The molecule has 0 aliphatic heterocycles. The summed E-state index contributed by atoms with van der Waals surface area (Å²) in [6.45, 7) is 0.433. The van der Waals surface area contributed by atoms with Crippen LogP contribution in [0.5, 0.6) is 0 Å². The summed E-state index contributed by atoms with van der Waals surface area (Å²) in [6, 6.07) is 26.0. The SMILES string of the molecule is O=C(c1ccc(Cl)c([N+](=O)[O-])c1)N(CCN(Cc1ccccc1)C(=O)c1ccc(Cl)c([N+](=O)[O-])c1)Cc1ccccc1. The third kappa shape index (κ3) is 7.48. The monoisotopic (exact) mass is 606 g/mol. The van der Waals surface area contributed by atoms with Crippen molar-refractivity contribution in [3.05, 3.63) is 150 Å². The molecule has 0 radical (unpaired) electrons. The molecule has 4 aromatic carbocycles. The van der Waals surface area contributed by atoms with Crippen LogP contribution in [0.2, 0.25) is 10.0 Å². The maximum Gasteiger partial charge on any atom is 0.288 e. The molecule has 10 nitrogen and oxygen atoms in total. The summed E-state index contributed by atoms with van der Waals surface area (Å²) >= 11 is 11.9. The van der Waals surface area contributed by atoms with Gasteiger partial charge in [0, 0.05) is 49.4 Å². The quantitative estimate of drug-likeness (QED) is 0.136. The van der Waals surface area contributed by atoms with Crippen molar-refractivity contribution in [1.29, 1.82) is 0 Å². The van der Waals surface area contributed by atoms with Crippen LogP contribution in [0.1, 0.15) is 31.8 Å². The van der Waals surface area contributed by atoms with Gasteiger partial charge in [0.1, 0.15) is 10.0 Å². The van der Waals surface area contributed by atoms with Gasteiger partial charge >= 0.3 is 0 Å². The highest BCUT2D eigenvalue weighted by molar-refractivity contribution is 6.33. The molecule has 0 heterocycles. The molecule has 4 rings (SSSR count). The molecular weight excluding hydrogens is 583 g/mol. The molecule has 0 saturated carbocycles. The fourth-order valence-electron chi connectivity index (χ4n) is 4.29. The minimum Gasteiger partial charge on any atom is -0.333 e. The Hall–Kier alpha value is -4.80. The second kappa shape index (κ2) is 13.7. The van der Waals surface area contributed by atoms with Crippen molar-refractivity contribution in [2.75, 3.05) is 13.1 Å². The molecule has 0 spiro atoms. The van der Waals surface area contributed by atoms with Crippen LogP contribution < -0.4 is 0 Å². The van der Waals surface area contributed by atoms with Gasteiger partial charge < -0.3 is 9.80 Å². The number of hydrogen-bond donors (Lipinski definition) is 0. The predicted molar refractivity (Wildman–Crippen MR) is 159 cm³/mol. The molecule has 0 unspecified atom stereocenters. The van der Waals surface area contributed by atoms with Gasteiger partial charge in [-0.25, -0.2) is 0 Å². The molecule has 0 aliphatic carbocycles. The highest BCUT2D eigenvalue weighted by Gasteiger charge is 2.25. The minimum absolute atomic E-state index is 0.0540. The molecule has 214 valence electrons. The van der Waals surface area contributed by atoms with Crippen LogP contribution in [0.4, 0.5) is 11.4 Å². The fourth-order valence-corrected chi connectivity index (χ4v) is 4.66. The van der Waals surface area contributed by atoms with Crippen LogP contribution in [-0.4, -0.2) is 44.6 Å². The maximum atomic E-state index is 13.7. The molecule has 0 aliphatic rings. The standard InChI is InChI=1S/C30H24Cl2N4O6/c31-25-13-11-23(17-27(25)35(39)40)29(37)33(19-21-7-3-1-4-8-21)15-16-34(20-22-9-5-2-6-10-22)30(38)24-12-14-26(32)28(18-24)36(41)42/h1-14,17-18H,15-16,19-20H2. The third-order valence-corrected chi connectivity index (χ3v) is 7.07. The van der Waals surface area contributed by atoms with E-state index in [1.165, 1.54) is 34.1 Å². The van der Waals surface area contributed by atoms with E-state index in [9.17, 15) is 29.8 Å². The van der Waals surface area contributed by atoms with Crippen LogP contribution in [-0.2, 0) is 13.1 Å². The molecule has 12 heteroatoms. The number of nitrogens with zero attached hydrogens (tertiary/aromatic N) is 4. The highest BCUT2D eigenvalue weighted by Crippen LogP contribution is 2.27. The Kier molecular flexibility index (Phi) is 9.85. The van der Waals surface area contributed by atoms with Gasteiger partial charge in [0.15, 0.2) is 0 Å². The number of carbonyl (C=O) groups is 2. The van der Waals surface area contributed by atoms with E-state index in [-0.39, 0.29) is 47.4 Å². The Morgan fingerprint density at radius 3 is 1.29 bits per heavy atom. The van der Waals surface area contributed by atoms with Crippen LogP contribution in [0.3, 0.4) is 0 Å². The number of amides is 2. The van der Waals surface area contributed by atoms with E-state index < -0.39 is 33.0 Å². The predicted octanol–water partition coefficient (Wildman–Crippen LogP) is 6.79. The second-order valence-electron chi connectivity index (χ2n) is 9.27. The maximum absolute atomic E-state index is 13.7. The molecule has 0 saturated heterocycles. The van der Waals surface area contributed by atoms with Crippen molar-refractivity contribution in [3.8, 4) is 0 Å². The molecule has 0 aromatic heterocycles. The zero-order valence-electron chi connectivity index (χ0n) is 22.1. The van der Waals surface area contributed by atoms with Crippen molar-refractivity contribution >= 4 is 46.4 Å². The van der Waals surface area contributed by atoms with Gasteiger partial charge in [-0.15, -0.1) is 0 Å². The van der Waals surface area contributed by atoms with Crippen molar-refractivity contribution in [2.45, 2.75) is 13.1 Å². The van der Waals surface area contributed by atoms with E-state index in [0.717, 1.165) is 23.3 Å². The Labute approximate surface area is 251 Å². The lowest BCUT2D eigenvalue weighted by atomic mass is 10.1. The summed E-state index contributed by atoms with van der Waals surface area (Å²) in [5, 5.41) is 22.7. The van der Waals surface area contributed by atoms with Gasteiger partial charge in [0.2, 0.25) is 0 Å². The molecule has 0 atom stereocenters. The zero-order chi connectivity index (χ0) is 30.2. The molecule has 0 N–H and O–H groups in total. The zero-order valence-corrected chi connectivity index (χ0v) is 23.6. The summed E-state index contributed by atoms with van der Waals surface area (Å²) in [4.78, 5) is 51.9. The Bertz CT molecular complexity index is 1500. The lowest BCUT2D eigenvalue weighted by Crippen LogP contribution is -2.40. The Balaban J connectivity index is 1.66. The van der Waals surface area contributed by atoms with E-state index in [0.29, 0.717) is 0 Å². The number of hydrogen-bond acceptors (Lipinski definition) is 6. The van der Waals surface area contributed by atoms with Gasteiger partial charge in [-0.3, -0.25) is 29.8 Å². The molecule has 42 heavy (non-hydrogen) atoms. The average molecular weight is 607 g/mol. The van der Waals surface area contributed by atoms with Crippen LogP contribution in [0.15, 0.2) is 97.1 Å². The number of carbonyl (C=O) groups excluding carboxylic acids is 2. The Morgan fingerprint density at radius 1 is 0.595 bits per heavy atom. The molecule has 0 bridgehead atoms. The lowest BCUT2D eigenvalue weighted by Gasteiger charge is -2.28. The van der Waals surface area contributed by atoms with E-state index in [1.807, 2.05) is 60.7 Å². The second-order valence-corrected chi connectivity index (χ2v) is 10.1. The van der Waals surface area contributed by atoms with E-state index in [2.05, 4.69) is 0 Å². The van der Waals surface area contributed by atoms with Gasteiger partial charge in [0.05, 0.1) is 9.85 Å². The summed E-state index contributed by atoms with van der Waals surface area (Å²) in [5.74, 6) is -0.985.